The molecule has 4 heteroatoms. The Morgan fingerprint density at radius 3 is 3.06 bits per heavy atom. The Balaban J connectivity index is 1.80. The third kappa shape index (κ3) is 2.49. The van der Waals surface area contributed by atoms with Crippen LogP contribution in [0.5, 0.6) is 0 Å². The van der Waals surface area contributed by atoms with Gasteiger partial charge in [-0.2, -0.15) is 0 Å². The van der Waals surface area contributed by atoms with Crippen molar-refractivity contribution in [2.75, 3.05) is 0 Å². The largest absolute Gasteiger partial charge is 0.444 e. The van der Waals surface area contributed by atoms with Gasteiger partial charge in [-0.05, 0) is 37.5 Å². The molecule has 1 aromatic heterocycles. The quantitative estimate of drug-likeness (QED) is 0.936. The van der Waals surface area contributed by atoms with E-state index in [1.807, 2.05) is 18.2 Å². The van der Waals surface area contributed by atoms with Crippen molar-refractivity contribution < 1.29 is 4.42 Å². The summed E-state index contributed by atoms with van der Waals surface area (Å²) >= 11 is 3.53. The molecule has 0 atom stereocenters. The van der Waals surface area contributed by atoms with Crippen LogP contribution in [0.15, 0.2) is 33.4 Å². The second-order valence-corrected chi connectivity index (χ2v) is 5.57. The van der Waals surface area contributed by atoms with Gasteiger partial charge < -0.3 is 9.73 Å². The molecule has 1 N–H and O–H groups in total. The van der Waals surface area contributed by atoms with Gasteiger partial charge in [-0.1, -0.05) is 22.0 Å². The number of rotatable bonds is 4. The number of benzene rings is 1. The van der Waals surface area contributed by atoms with Crippen LogP contribution in [0.3, 0.4) is 0 Å². The van der Waals surface area contributed by atoms with Crippen LogP contribution in [0.2, 0.25) is 0 Å². The molecular weight excluding hydrogens is 292 g/mol. The number of nitrogens with one attached hydrogen (secondary N) is 1. The van der Waals surface area contributed by atoms with Crippen LogP contribution in [0.1, 0.15) is 24.1 Å². The molecule has 1 fully saturated rings. The van der Waals surface area contributed by atoms with E-state index in [4.69, 9.17) is 4.42 Å². The molecule has 1 aliphatic rings. The summed E-state index contributed by atoms with van der Waals surface area (Å²) in [7, 11) is 0. The fourth-order valence-corrected chi connectivity index (χ4v) is 2.25. The van der Waals surface area contributed by atoms with Gasteiger partial charge in [0.25, 0.3) is 0 Å². The van der Waals surface area contributed by atoms with Gasteiger partial charge >= 0.3 is 0 Å². The van der Waals surface area contributed by atoms with Crippen molar-refractivity contribution in [3.05, 3.63) is 40.2 Å². The Labute approximate surface area is 115 Å². The summed E-state index contributed by atoms with van der Waals surface area (Å²) in [5, 5.41) is 3.43. The molecule has 0 unspecified atom stereocenters. The molecule has 0 bridgehead atoms. The van der Waals surface area contributed by atoms with Crippen molar-refractivity contribution in [2.45, 2.75) is 32.4 Å². The summed E-state index contributed by atoms with van der Waals surface area (Å²) in [5.41, 5.74) is 3.17. The first-order valence-corrected chi connectivity index (χ1v) is 6.96. The number of oxazole rings is 1. The van der Waals surface area contributed by atoms with Crippen molar-refractivity contribution in [1.82, 2.24) is 10.3 Å². The number of nitrogens with zero attached hydrogens (tertiary/aromatic N) is 1. The van der Waals surface area contributed by atoms with E-state index >= 15 is 0 Å². The Kier molecular flexibility index (Phi) is 3.22. The first-order valence-electron chi connectivity index (χ1n) is 6.17. The Bertz CT molecular complexity index is 561. The molecule has 2 aromatic rings. The molecule has 0 aliphatic heterocycles. The molecule has 0 spiro atoms. The van der Waals surface area contributed by atoms with Crippen molar-refractivity contribution in [3.63, 3.8) is 0 Å². The zero-order valence-corrected chi connectivity index (χ0v) is 11.8. The maximum atomic E-state index is 5.57. The molecule has 1 heterocycles. The predicted molar refractivity (Wildman–Crippen MR) is 74.2 cm³/mol. The molecule has 3 rings (SSSR count). The molecule has 94 valence electrons. The lowest BCUT2D eigenvalue weighted by Crippen LogP contribution is -2.15. The average molecular weight is 307 g/mol. The molecule has 0 saturated heterocycles. The standard InChI is InChI=1S/C14H15BrN2O/c1-9-12(3-2-4-13(9)15)14-17-11(8-18-14)7-16-10-5-6-10/h2-4,8,10,16H,5-7H2,1H3. The van der Waals surface area contributed by atoms with E-state index in [1.54, 1.807) is 6.26 Å². The first-order chi connectivity index (χ1) is 8.74. The summed E-state index contributed by atoms with van der Waals surface area (Å²) < 4.78 is 6.65. The molecule has 0 amide bonds. The van der Waals surface area contributed by atoms with Crippen LogP contribution in [0.4, 0.5) is 0 Å². The van der Waals surface area contributed by atoms with Crippen LogP contribution in [-0.2, 0) is 6.54 Å². The minimum absolute atomic E-state index is 0.692. The van der Waals surface area contributed by atoms with E-state index in [2.05, 4.69) is 33.2 Å². The number of hydrogen-bond acceptors (Lipinski definition) is 3. The van der Waals surface area contributed by atoms with Crippen molar-refractivity contribution >= 4 is 15.9 Å². The molecule has 18 heavy (non-hydrogen) atoms. The second-order valence-electron chi connectivity index (χ2n) is 4.71. The summed E-state index contributed by atoms with van der Waals surface area (Å²) in [6, 6.07) is 6.75. The smallest absolute Gasteiger partial charge is 0.226 e. The molecule has 1 aromatic carbocycles. The topological polar surface area (TPSA) is 38.1 Å². The molecule has 0 radical (unpaired) electrons. The van der Waals surface area contributed by atoms with Crippen LogP contribution in [0.25, 0.3) is 11.5 Å². The molecule has 1 aliphatic carbocycles. The van der Waals surface area contributed by atoms with E-state index in [0.29, 0.717) is 11.9 Å². The highest BCUT2D eigenvalue weighted by Gasteiger charge is 2.20. The van der Waals surface area contributed by atoms with Gasteiger partial charge in [-0.3, -0.25) is 0 Å². The highest BCUT2D eigenvalue weighted by Crippen LogP contribution is 2.28. The average Bonchev–Trinajstić information content (AvgIpc) is 3.08. The van der Waals surface area contributed by atoms with Crippen molar-refractivity contribution in [3.8, 4) is 11.5 Å². The fourth-order valence-electron chi connectivity index (χ4n) is 1.89. The number of halogens is 1. The van der Waals surface area contributed by atoms with Crippen LogP contribution in [0, 0.1) is 6.92 Å². The third-order valence-corrected chi connectivity index (χ3v) is 4.06. The predicted octanol–water partition coefficient (Wildman–Crippen LogP) is 3.66. The SMILES string of the molecule is Cc1c(Br)cccc1-c1nc(CNC2CC2)co1. The van der Waals surface area contributed by atoms with Gasteiger partial charge in [0.2, 0.25) is 5.89 Å². The van der Waals surface area contributed by atoms with E-state index in [0.717, 1.165) is 27.8 Å². The number of aromatic nitrogens is 1. The highest BCUT2D eigenvalue weighted by molar-refractivity contribution is 9.10. The number of hydrogen-bond donors (Lipinski definition) is 1. The summed E-state index contributed by atoms with van der Waals surface area (Å²) in [6.45, 7) is 2.85. The Morgan fingerprint density at radius 1 is 1.44 bits per heavy atom. The fraction of sp³-hybridized carbons (Fsp3) is 0.357. The maximum Gasteiger partial charge on any atom is 0.226 e. The van der Waals surface area contributed by atoms with Gasteiger partial charge in [-0.15, -0.1) is 0 Å². The molecule has 3 nitrogen and oxygen atoms in total. The van der Waals surface area contributed by atoms with Crippen LogP contribution >= 0.6 is 15.9 Å². The van der Waals surface area contributed by atoms with Crippen LogP contribution < -0.4 is 5.32 Å². The third-order valence-electron chi connectivity index (χ3n) is 3.20. The maximum absolute atomic E-state index is 5.57. The van der Waals surface area contributed by atoms with E-state index in [1.165, 1.54) is 12.8 Å². The van der Waals surface area contributed by atoms with E-state index < -0.39 is 0 Å². The van der Waals surface area contributed by atoms with Crippen molar-refractivity contribution in [1.29, 1.82) is 0 Å². The van der Waals surface area contributed by atoms with Crippen molar-refractivity contribution in [2.24, 2.45) is 0 Å². The lowest BCUT2D eigenvalue weighted by atomic mass is 10.1. The molecular formula is C14H15BrN2O. The molecule has 1 saturated carbocycles. The summed E-state index contributed by atoms with van der Waals surface area (Å²) in [4.78, 5) is 4.53. The zero-order chi connectivity index (χ0) is 12.5. The monoisotopic (exact) mass is 306 g/mol. The zero-order valence-electron chi connectivity index (χ0n) is 10.2. The van der Waals surface area contributed by atoms with Gasteiger partial charge in [0.1, 0.15) is 6.26 Å². The summed E-state index contributed by atoms with van der Waals surface area (Å²) in [5.74, 6) is 0.696. The van der Waals surface area contributed by atoms with Gasteiger partial charge in [0, 0.05) is 22.6 Å². The normalized spacial score (nSPS) is 15.0. The highest BCUT2D eigenvalue weighted by atomic mass is 79.9. The van der Waals surface area contributed by atoms with Gasteiger partial charge in [-0.25, -0.2) is 4.98 Å². The Hall–Kier alpha value is -1.13. The lowest BCUT2D eigenvalue weighted by Gasteiger charge is -2.02. The Morgan fingerprint density at radius 2 is 2.28 bits per heavy atom. The minimum atomic E-state index is 0.692. The van der Waals surface area contributed by atoms with Crippen LogP contribution in [-0.4, -0.2) is 11.0 Å². The van der Waals surface area contributed by atoms with E-state index in [9.17, 15) is 0 Å². The van der Waals surface area contributed by atoms with E-state index in [-0.39, 0.29) is 0 Å². The first kappa shape index (κ1) is 11.9. The minimum Gasteiger partial charge on any atom is -0.444 e. The van der Waals surface area contributed by atoms with Gasteiger partial charge in [0.05, 0.1) is 5.69 Å². The summed E-state index contributed by atoms with van der Waals surface area (Å²) in [6.07, 6.45) is 4.32. The lowest BCUT2D eigenvalue weighted by molar-refractivity contribution is 0.569. The van der Waals surface area contributed by atoms with Gasteiger partial charge in [0.15, 0.2) is 0 Å². The second kappa shape index (κ2) is 4.86.